The molecule has 5 nitrogen and oxygen atoms in total. The highest BCUT2D eigenvalue weighted by Gasteiger charge is 2.28. The molecule has 9 heteroatoms. The predicted octanol–water partition coefficient (Wildman–Crippen LogP) is 1.24. The maximum Gasteiger partial charge on any atom is 0.390 e. The quantitative estimate of drug-likeness (QED) is 0.827. The minimum Gasteiger partial charge on any atom is -0.394 e. The fourth-order valence-corrected chi connectivity index (χ4v) is 1.41. The van der Waals surface area contributed by atoms with Gasteiger partial charge in [0.15, 0.2) is 0 Å². The van der Waals surface area contributed by atoms with Gasteiger partial charge in [0.05, 0.1) is 36.5 Å². The summed E-state index contributed by atoms with van der Waals surface area (Å²) in [6.07, 6.45) is -4.08. The van der Waals surface area contributed by atoms with Crippen molar-refractivity contribution in [3.05, 3.63) is 17.4 Å². The molecule has 1 rings (SSSR count). The highest BCUT2D eigenvalue weighted by Crippen LogP contribution is 2.21. The summed E-state index contributed by atoms with van der Waals surface area (Å²) in [5, 5.41) is 18.3. The second kappa shape index (κ2) is 6.88. The van der Waals surface area contributed by atoms with Gasteiger partial charge in [0.1, 0.15) is 0 Å². The molecule has 0 saturated heterocycles. The minimum absolute atomic E-state index is 0.0150. The van der Waals surface area contributed by atoms with E-state index in [1.807, 2.05) is 0 Å². The SMILES string of the molecule is OC[C@@H](O)CN(CCC(F)(F)F)c1ncc(Cl)cn1. The Hall–Kier alpha value is -1.12. The third kappa shape index (κ3) is 6.04. The number of alkyl halides is 3. The lowest BCUT2D eigenvalue weighted by Gasteiger charge is -2.25. The molecule has 0 amide bonds. The second-order valence-corrected chi connectivity index (χ2v) is 4.29. The zero-order chi connectivity index (χ0) is 14.5. The van der Waals surface area contributed by atoms with E-state index in [2.05, 4.69) is 9.97 Å². The molecule has 0 saturated carbocycles. The Morgan fingerprint density at radius 3 is 2.37 bits per heavy atom. The van der Waals surface area contributed by atoms with Gasteiger partial charge in [0.2, 0.25) is 5.95 Å². The van der Waals surface area contributed by atoms with Crippen molar-refractivity contribution in [2.24, 2.45) is 0 Å². The summed E-state index contributed by atoms with van der Waals surface area (Å²) < 4.78 is 36.6. The number of aliphatic hydroxyl groups is 2. The Morgan fingerprint density at radius 1 is 1.32 bits per heavy atom. The molecule has 0 aliphatic heterocycles. The number of aromatic nitrogens is 2. The highest BCUT2D eigenvalue weighted by atomic mass is 35.5. The van der Waals surface area contributed by atoms with Gasteiger partial charge in [0.25, 0.3) is 0 Å². The van der Waals surface area contributed by atoms with Crippen LogP contribution in [0.5, 0.6) is 0 Å². The first-order valence-corrected chi connectivity index (χ1v) is 5.78. The Kier molecular flexibility index (Phi) is 5.77. The molecule has 108 valence electrons. The summed E-state index contributed by atoms with van der Waals surface area (Å²) in [6.45, 7) is -1.17. The molecule has 1 aromatic heterocycles. The first-order chi connectivity index (χ1) is 8.81. The van der Waals surface area contributed by atoms with Gasteiger partial charge in [-0.1, -0.05) is 11.6 Å². The molecule has 1 aromatic rings. The van der Waals surface area contributed by atoms with Crippen molar-refractivity contribution >= 4 is 17.5 Å². The van der Waals surface area contributed by atoms with E-state index < -0.39 is 31.9 Å². The van der Waals surface area contributed by atoms with Crippen LogP contribution in [0.2, 0.25) is 5.02 Å². The summed E-state index contributed by atoms with van der Waals surface area (Å²) in [5.74, 6) is 0.0150. The van der Waals surface area contributed by atoms with Gasteiger partial charge in [0, 0.05) is 13.1 Å². The van der Waals surface area contributed by atoms with E-state index in [1.54, 1.807) is 0 Å². The Morgan fingerprint density at radius 2 is 1.89 bits per heavy atom. The van der Waals surface area contributed by atoms with Gasteiger partial charge in [-0.25, -0.2) is 9.97 Å². The molecule has 0 spiro atoms. The first-order valence-electron chi connectivity index (χ1n) is 5.40. The van der Waals surface area contributed by atoms with Crippen LogP contribution in [0.25, 0.3) is 0 Å². The number of halogens is 4. The Labute approximate surface area is 112 Å². The predicted molar refractivity (Wildman–Crippen MR) is 63.0 cm³/mol. The van der Waals surface area contributed by atoms with Crippen LogP contribution < -0.4 is 4.90 Å². The van der Waals surface area contributed by atoms with Crippen molar-refractivity contribution in [3.63, 3.8) is 0 Å². The van der Waals surface area contributed by atoms with Gasteiger partial charge < -0.3 is 15.1 Å². The molecule has 0 bridgehead atoms. The Bertz CT molecular complexity index is 389. The van der Waals surface area contributed by atoms with E-state index in [0.29, 0.717) is 0 Å². The fourth-order valence-electron chi connectivity index (χ4n) is 1.32. The zero-order valence-corrected chi connectivity index (χ0v) is 10.6. The van der Waals surface area contributed by atoms with Gasteiger partial charge in [-0.2, -0.15) is 13.2 Å². The monoisotopic (exact) mass is 299 g/mol. The summed E-state index contributed by atoms with van der Waals surface area (Å²) in [7, 11) is 0. The molecule has 1 heterocycles. The lowest BCUT2D eigenvalue weighted by atomic mass is 10.3. The zero-order valence-electron chi connectivity index (χ0n) is 9.81. The maximum absolute atomic E-state index is 12.2. The largest absolute Gasteiger partial charge is 0.394 e. The van der Waals surface area contributed by atoms with Crippen molar-refractivity contribution in [3.8, 4) is 0 Å². The fraction of sp³-hybridized carbons (Fsp3) is 0.600. The average molecular weight is 300 g/mol. The number of rotatable bonds is 6. The van der Waals surface area contributed by atoms with Crippen LogP contribution in [-0.4, -0.2) is 52.2 Å². The van der Waals surface area contributed by atoms with E-state index in [0.717, 1.165) is 4.90 Å². The smallest absolute Gasteiger partial charge is 0.390 e. The normalized spacial score (nSPS) is 13.4. The number of hydrogen-bond donors (Lipinski definition) is 2. The van der Waals surface area contributed by atoms with Crippen molar-refractivity contribution in [2.75, 3.05) is 24.6 Å². The van der Waals surface area contributed by atoms with Gasteiger partial charge >= 0.3 is 6.18 Å². The van der Waals surface area contributed by atoms with E-state index in [4.69, 9.17) is 16.7 Å². The summed E-state index contributed by atoms with van der Waals surface area (Å²) in [5.41, 5.74) is 0. The molecule has 0 radical (unpaired) electrons. The molecular weight excluding hydrogens is 287 g/mol. The van der Waals surface area contributed by atoms with Crippen LogP contribution >= 0.6 is 11.6 Å². The molecule has 0 unspecified atom stereocenters. The molecule has 0 aromatic carbocycles. The number of aliphatic hydroxyl groups excluding tert-OH is 2. The average Bonchev–Trinajstić information content (AvgIpc) is 2.34. The minimum atomic E-state index is -4.32. The maximum atomic E-state index is 12.2. The summed E-state index contributed by atoms with van der Waals surface area (Å²) in [6, 6.07) is 0. The molecule has 0 fully saturated rings. The van der Waals surface area contributed by atoms with E-state index >= 15 is 0 Å². The van der Waals surface area contributed by atoms with Gasteiger partial charge in [-0.15, -0.1) is 0 Å². The standard InChI is InChI=1S/C10H13ClF3N3O2/c11-7-3-15-9(16-4-7)17(5-8(19)6-18)2-1-10(12,13)14/h3-4,8,18-19H,1-2,5-6H2/t8-/m0/s1. The van der Waals surface area contributed by atoms with Crippen molar-refractivity contribution in [1.82, 2.24) is 9.97 Å². The summed E-state index contributed by atoms with van der Waals surface area (Å²) >= 11 is 5.59. The van der Waals surface area contributed by atoms with Crippen molar-refractivity contribution < 1.29 is 23.4 Å². The summed E-state index contributed by atoms with van der Waals surface area (Å²) in [4.78, 5) is 8.72. The van der Waals surface area contributed by atoms with Crippen LogP contribution in [0.15, 0.2) is 12.4 Å². The molecule has 19 heavy (non-hydrogen) atoms. The first kappa shape index (κ1) is 15.9. The van der Waals surface area contributed by atoms with Crippen LogP contribution in [0.3, 0.4) is 0 Å². The number of hydrogen-bond acceptors (Lipinski definition) is 5. The van der Waals surface area contributed by atoms with Gasteiger partial charge in [-0.05, 0) is 0 Å². The lowest BCUT2D eigenvalue weighted by Crippen LogP contribution is -2.37. The number of nitrogens with zero attached hydrogens (tertiary/aromatic N) is 3. The Balaban J connectivity index is 2.76. The highest BCUT2D eigenvalue weighted by molar-refractivity contribution is 6.30. The molecule has 1 atom stereocenters. The topological polar surface area (TPSA) is 69.5 Å². The van der Waals surface area contributed by atoms with Crippen LogP contribution in [0, 0.1) is 0 Å². The lowest BCUT2D eigenvalue weighted by molar-refractivity contribution is -0.132. The molecule has 0 aliphatic rings. The second-order valence-electron chi connectivity index (χ2n) is 3.85. The number of anilines is 1. The molecule has 0 aliphatic carbocycles. The third-order valence-electron chi connectivity index (χ3n) is 2.20. The third-order valence-corrected chi connectivity index (χ3v) is 2.39. The van der Waals surface area contributed by atoms with E-state index in [9.17, 15) is 18.3 Å². The van der Waals surface area contributed by atoms with Crippen molar-refractivity contribution in [2.45, 2.75) is 18.7 Å². The van der Waals surface area contributed by atoms with Gasteiger partial charge in [-0.3, -0.25) is 0 Å². The molecule has 2 N–H and O–H groups in total. The van der Waals surface area contributed by atoms with Crippen LogP contribution in [0.1, 0.15) is 6.42 Å². The van der Waals surface area contributed by atoms with Crippen LogP contribution in [0.4, 0.5) is 19.1 Å². The van der Waals surface area contributed by atoms with E-state index in [1.165, 1.54) is 12.4 Å². The molecular formula is C10H13ClF3N3O2. The van der Waals surface area contributed by atoms with Crippen molar-refractivity contribution in [1.29, 1.82) is 0 Å². The van der Waals surface area contributed by atoms with E-state index in [-0.39, 0.29) is 17.5 Å². The van der Waals surface area contributed by atoms with Crippen LogP contribution in [-0.2, 0) is 0 Å².